The number of amides is 1. The van der Waals surface area contributed by atoms with Gasteiger partial charge in [-0.15, -0.1) is 0 Å². The first-order valence-corrected chi connectivity index (χ1v) is 8.21. The van der Waals surface area contributed by atoms with Crippen molar-refractivity contribution < 1.29 is 14.3 Å². The molecule has 5 heteroatoms. The fourth-order valence-corrected chi connectivity index (χ4v) is 2.40. The zero-order chi connectivity index (χ0) is 17.4. The zero-order valence-corrected chi connectivity index (χ0v) is 14.8. The molecule has 0 aliphatic heterocycles. The van der Waals surface area contributed by atoms with Crippen molar-refractivity contribution in [1.82, 2.24) is 4.90 Å². The maximum Gasteiger partial charge on any atom is 0.222 e. The summed E-state index contributed by atoms with van der Waals surface area (Å²) >= 11 is 5.90. The van der Waals surface area contributed by atoms with Gasteiger partial charge in [-0.3, -0.25) is 4.79 Å². The van der Waals surface area contributed by atoms with E-state index in [2.05, 4.69) is 0 Å². The van der Waals surface area contributed by atoms with Gasteiger partial charge in [0.05, 0.1) is 13.7 Å². The summed E-state index contributed by atoms with van der Waals surface area (Å²) in [4.78, 5) is 13.8. The molecular weight excluding hydrogens is 326 g/mol. The van der Waals surface area contributed by atoms with Crippen LogP contribution in [0.2, 0.25) is 5.02 Å². The molecule has 0 heterocycles. The molecule has 24 heavy (non-hydrogen) atoms. The average Bonchev–Trinajstić information content (AvgIpc) is 2.60. The van der Waals surface area contributed by atoms with E-state index in [4.69, 9.17) is 21.1 Å². The van der Waals surface area contributed by atoms with Crippen molar-refractivity contribution in [1.29, 1.82) is 0 Å². The van der Waals surface area contributed by atoms with Gasteiger partial charge in [0, 0.05) is 18.5 Å². The SMILES string of the molecule is COc1ccc(CCC(=O)N(C)CCOc2cccc(Cl)c2)cc1. The minimum atomic E-state index is 0.0977. The summed E-state index contributed by atoms with van der Waals surface area (Å²) in [6.45, 7) is 0.971. The van der Waals surface area contributed by atoms with E-state index in [9.17, 15) is 4.79 Å². The van der Waals surface area contributed by atoms with Gasteiger partial charge in [-0.25, -0.2) is 0 Å². The monoisotopic (exact) mass is 347 g/mol. The summed E-state index contributed by atoms with van der Waals surface area (Å²) in [5.41, 5.74) is 1.12. The van der Waals surface area contributed by atoms with Gasteiger partial charge < -0.3 is 14.4 Å². The number of likely N-dealkylation sites (N-methyl/N-ethyl adjacent to an activating group) is 1. The first-order chi connectivity index (χ1) is 11.6. The second-order valence-corrected chi connectivity index (χ2v) is 5.91. The highest BCUT2D eigenvalue weighted by atomic mass is 35.5. The van der Waals surface area contributed by atoms with Gasteiger partial charge in [0.1, 0.15) is 18.1 Å². The quantitative estimate of drug-likeness (QED) is 0.728. The van der Waals surface area contributed by atoms with Crippen LogP contribution in [0.15, 0.2) is 48.5 Å². The molecule has 0 aliphatic carbocycles. The third-order valence-corrected chi connectivity index (χ3v) is 3.94. The molecule has 4 nitrogen and oxygen atoms in total. The van der Waals surface area contributed by atoms with Crippen molar-refractivity contribution in [2.24, 2.45) is 0 Å². The largest absolute Gasteiger partial charge is 0.497 e. The molecule has 0 radical (unpaired) electrons. The minimum absolute atomic E-state index is 0.0977. The van der Waals surface area contributed by atoms with E-state index in [1.807, 2.05) is 36.4 Å². The summed E-state index contributed by atoms with van der Waals surface area (Å²) in [5, 5.41) is 0.636. The van der Waals surface area contributed by atoms with Crippen LogP contribution in [0.5, 0.6) is 11.5 Å². The van der Waals surface area contributed by atoms with Crippen molar-refractivity contribution in [3.05, 3.63) is 59.1 Å². The van der Waals surface area contributed by atoms with Crippen LogP contribution >= 0.6 is 11.6 Å². The maximum absolute atomic E-state index is 12.2. The Bertz CT molecular complexity index is 658. The molecule has 0 spiro atoms. The summed E-state index contributed by atoms with van der Waals surface area (Å²) in [6, 6.07) is 15.0. The lowest BCUT2D eigenvalue weighted by molar-refractivity contribution is -0.130. The number of aryl methyl sites for hydroxylation is 1. The van der Waals surface area contributed by atoms with E-state index in [1.54, 1.807) is 31.2 Å². The Morgan fingerprint density at radius 2 is 1.88 bits per heavy atom. The Labute approximate surface area is 147 Å². The van der Waals surface area contributed by atoms with Crippen molar-refractivity contribution in [3.63, 3.8) is 0 Å². The summed E-state index contributed by atoms with van der Waals surface area (Å²) in [5.74, 6) is 1.63. The number of rotatable bonds is 8. The molecule has 2 aromatic carbocycles. The number of hydrogen-bond acceptors (Lipinski definition) is 3. The van der Waals surface area contributed by atoms with E-state index in [0.29, 0.717) is 36.8 Å². The Hall–Kier alpha value is -2.20. The highest BCUT2D eigenvalue weighted by Gasteiger charge is 2.09. The van der Waals surface area contributed by atoms with Gasteiger partial charge in [0.25, 0.3) is 0 Å². The highest BCUT2D eigenvalue weighted by molar-refractivity contribution is 6.30. The molecule has 0 aliphatic rings. The third-order valence-electron chi connectivity index (χ3n) is 3.70. The molecule has 1 amide bonds. The van der Waals surface area contributed by atoms with Crippen LogP contribution in [0.3, 0.4) is 0 Å². The van der Waals surface area contributed by atoms with Crippen LogP contribution in [0.4, 0.5) is 0 Å². The smallest absolute Gasteiger partial charge is 0.222 e. The first kappa shape index (κ1) is 18.1. The lowest BCUT2D eigenvalue weighted by Crippen LogP contribution is -2.31. The second-order valence-electron chi connectivity index (χ2n) is 5.47. The molecule has 2 rings (SSSR count). The van der Waals surface area contributed by atoms with Crippen LogP contribution < -0.4 is 9.47 Å². The van der Waals surface area contributed by atoms with E-state index < -0.39 is 0 Å². The summed E-state index contributed by atoms with van der Waals surface area (Å²) < 4.78 is 10.7. The highest BCUT2D eigenvalue weighted by Crippen LogP contribution is 2.17. The van der Waals surface area contributed by atoms with E-state index in [1.165, 1.54) is 0 Å². The number of carbonyl (C=O) groups is 1. The van der Waals surface area contributed by atoms with Gasteiger partial charge in [-0.2, -0.15) is 0 Å². The zero-order valence-electron chi connectivity index (χ0n) is 14.0. The Kier molecular flexibility index (Phi) is 6.94. The lowest BCUT2D eigenvalue weighted by Gasteiger charge is -2.17. The van der Waals surface area contributed by atoms with E-state index >= 15 is 0 Å². The molecule has 0 unspecified atom stereocenters. The third kappa shape index (κ3) is 5.78. The number of hydrogen-bond donors (Lipinski definition) is 0. The van der Waals surface area contributed by atoms with Gasteiger partial charge in [-0.05, 0) is 42.3 Å². The van der Waals surface area contributed by atoms with Crippen LogP contribution in [-0.2, 0) is 11.2 Å². The molecule has 0 saturated carbocycles. The predicted molar refractivity (Wildman–Crippen MR) is 95.9 cm³/mol. The molecule has 0 atom stereocenters. The Morgan fingerprint density at radius 3 is 2.54 bits per heavy atom. The fourth-order valence-electron chi connectivity index (χ4n) is 2.22. The lowest BCUT2D eigenvalue weighted by atomic mass is 10.1. The summed E-state index contributed by atoms with van der Waals surface area (Å²) in [7, 11) is 3.43. The number of methoxy groups -OCH3 is 1. The van der Waals surface area contributed by atoms with Crippen LogP contribution in [0.1, 0.15) is 12.0 Å². The Balaban J connectivity index is 1.71. The van der Waals surface area contributed by atoms with Crippen molar-refractivity contribution in [2.45, 2.75) is 12.8 Å². The van der Waals surface area contributed by atoms with Crippen molar-refractivity contribution >= 4 is 17.5 Å². The number of nitrogens with zero attached hydrogens (tertiary/aromatic N) is 1. The molecular formula is C19H22ClNO3. The number of ether oxygens (including phenoxy) is 2. The number of carbonyl (C=O) groups excluding carboxylic acids is 1. The van der Waals surface area contributed by atoms with E-state index in [-0.39, 0.29) is 5.91 Å². The fraction of sp³-hybridized carbons (Fsp3) is 0.316. The van der Waals surface area contributed by atoms with Crippen LogP contribution in [0.25, 0.3) is 0 Å². The van der Waals surface area contributed by atoms with E-state index in [0.717, 1.165) is 11.3 Å². The van der Waals surface area contributed by atoms with Gasteiger partial charge in [0.2, 0.25) is 5.91 Å². The molecule has 128 valence electrons. The molecule has 2 aromatic rings. The number of halogens is 1. The molecule has 0 N–H and O–H groups in total. The standard InChI is InChI=1S/C19H22ClNO3/c1-21(12-13-24-18-5-3-4-16(20)14-18)19(22)11-8-15-6-9-17(23-2)10-7-15/h3-7,9-10,14H,8,11-13H2,1-2H3. The molecule has 0 fully saturated rings. The topological polar surface area (TPSA) is 38.8 Å². The molecule has 0 bridgehead atoms. The van der Waals surface area contributed by atoms with Gasteiger partial charge in [0.15, 0.2) is 0 Å². The van der Waals surface area contributed by atoms with Crippen molar-refractivity contribution in [2.75, 3.05) is 27.3 Å². The molecule has 0 saturated heterocycles. The van der Waals surface area contributed by atoms with Crippen LogP contribution in [-0.4, -0.2) is 38.1 Å². The Morgan fingerprint density at radius 1 is 1.12 bits per heavy atom. The maximum atomic E-state index is 12.2. The summed E-state index contributed by atoms with van der Waals surface area (Å²) in [6.07, 6.45) is 1.18. The number of benzene rings is 2. The van der Waals surface area contributed by atoms with Gasteiger partial charge in [-0.1, -0.05) is 29.8 Å². The molecule has 0 aromatic heterocycles. The van der Waals surface area contributed by atoms with Crippen molar-refractivity contribution in [3.8, 4) is 11.5 Å². The predicted octanol–water partition coefficient (Wildman–Crippen LogP) is 3.82. The van der Waals surface area contributed by atoms with Gasteiger partial charge >= 0.3 is 0 Å². The first-order valence-electron chi connectivity index (χ1n) is 7.84. The second kappa shape index (κ2) is 9.18. The van der Waals surface area contributed by atoms with Crippen LogP contribution in [0, 0.1) is 0 Å². The average molecular weight is 348 g/mol. The minimum Gasteiger partial charge on any atom is -0.497 e. The normalized spacial score (nSPS) is 10.3.